The van der Waals surface area contributed by atoms with Crippen LogP contribution in [-0.2, 0) is 0 Å². The number of methoxy groups -OCH3 is 1. The predicted octanol–water partition coefficient (Wildman–Crippen LogP) is 4.05. The van der Waals surface area contributed by atoms with E-state index in [1.54, 1.807) is 25.3 Å². The molecule has 2 aromatic heterocycles. The van der Waals surface area contributed by atoms with Crippen molar-refractivity contribution >= 4 is 28.3 Å². The van der Waals surface area contributed by atoms with Gasteiger partial charge in [0.2, 0.25) is 0 Å². The highest BCUT2D eigenvalue weighted by molar-refractivity contribution is 6.33. The quantitative estimate of drug-likeness (QED) is 0.551. The second kappa shape index (κ2) is 5.42. The van der Waals surface area contributed by atoms with Crippen LogP contribution >= 0.6 is 11.6 Å². The number of rotatable bonds is 2. The van der Waals surface area contributed by atoms with Crippen LogP contribution in [0.25, 0.3) is 28.1 Å². The molecular weight excluding hydrogens is 331 g/mol. The summed E-state index contributed by atoms with van der Waals surface area (Å²) in [4.78, 5) is 4.60. The number of hydrogen-bond acceptors (Lipinski definition) is 4. The van der Waals surface area contributed by atoms with Crippen LogP contribution in [0.4, 0.5) is 4.39 Å². The van der Waals surface area contributed by atoms with Gasteiger partial charge in [-0.25, -0.2) is 9.37 Å². The molecule has 0 N–H and O–H groups in total. The van der Waals surface area contributed by atoms with Crippen LogP contribution in [-0.4, -0.2) is 26.7 Å². The molecule has 0 saturated heterocycles. The van der Waals surface area contributed by atoms with Gasteiger partial charge in [-0.1, -0.05) is 11.6 Å². The second-order valence-corrected chi connectivity index (χ2v) is 5.77. The summed E-state index contributed by atoms with van der Waals surface area (Å²) in [6.07, 6.45) is 0. The van der Waals surface area contributed by atoms with Gasteiger partial charge >= 0.3 is 0 Å². The summed E-state index contributed by atoms with van der Waals surface area (Å²) in [6.45, 7) is 1.84. The minimum absolute atomic E-state index is 0.367. The lowest BCUT2D eigenvalue weighted by Gasteiger charge is -2.08. The van der Waals surface area contributed by atoms with Gasteiger partial charge < -0.3 is 4.74 Å². The molecule has 0 aliphatic carbocycles. The maximum atomic E-state index is 13.5. The third-order valence-electron chi connectivity index (χ3n) is 3.87. The minimum Gasteiger partial charge on any atom is -0.497 e. The molecular formula is C17H12ClFN4O. The van der Waals surface area contributed by atoms with E-state index >= 15 is 0 Å². The summed E-state index contributed by atoms with van der Waals surface area (Å²) in [5.41, 5.74) is 3.17. The van der Waals surface area contributed by atoms with Crippen LogP contribution in [0.15, 0.2) is 36.4 Å². The fourth-order valence-electron chi connectivity index (χ4n) is 2.72. The molecule has 2 aromatic carbocycles. The maximum Gasteiger partial charge on any atom is 0.183 e. The first-order valence-electron chi connectivity index (χ1n) is 7.23. The molecule has 0 bridgehead atoms. The molecule has 4 rings (SSSR count). The molecule has 0 fully saturated rings. The highest BCUT2D eigenvalue weighted by Crippen LogP contribution is 2.33. The normalized spacial score (nSPS) is 11.3. The first-order valence-corrected chi connectivity index (χ1v) is 7.61. The third kappa shape index (κ3) is 2.18. The lowest BCUT2D eigenvalue weighted by Crippen LogP contribution is -1.98. The molecule has 2 heterocycles. The van der Waals surface area contributed by atoms with Crippen molar-refractivity contribution in [1.29, 1.82) is 0 Å². The van der Waals surface area contributed by atoms with Gasteiger partial charge in [-0.15, -0.1) is 10.2 Å². The molecule has 0 aliphatic rings. The number of halogens is 2. The first kappa shape index (κ1) is 14.8. The maximum absolute atomic E-state index is 13.5. The molecule has 5 nitrogen and oxygen atoms in total. The Balaban J connectivity index is 2.13. The summed E-state index contributed by atoms with van der Waals surface area (Å²) >= 11 is 6.37. The van der Waals surface area contributed by atoms with Crippen molar-refractivity contribution in [3.05, 3.63) is 52.9 Å². The van der Waals surface area contributed by atoms with Crippen molar-refractivity contribution < 1.29 is 9.13 Å². The Kier molecular flexibility index (Phi) is 3.35. The fraction of sp³-hybridized carbons (Fsp3) is 0.118. The topological polar surface area (TPSA) is 52.3 Å². The number of hydrogen-bond donors (Lipinski definition) is 0. The van der Waals surface area contributed by atoms with Gasteiger partial charge in [-0.05, 0) is 37.3 Å². The Hall–Kier alpha value is -2.73. The Morgan fingerprint density at radius 3 is 2.75 bits per heavy atom. The number of fused-ring (bicyclic) bond motifs is 3. The van der Waals surface area contributed by atoms with E-state index in [1.165, 1.54) is 12.1 Å². The Morgan fingerprint density at radius 2 is 1.96 bits per heavy atom. The Bertz CT molecular complexity index is 1090. The van der Waals surface area contributed by atoms with Gasteiger partial charge in [0, 0.05) is 11.6 Å². The van der Waals surface area contributed by atoms with Crippen molar-refractivity contribution in [2.75, 3.05) is 7.11 Å². The highest BCUT2D eigenvalue weighted by atomic mass is 35.5. The monoisotopic (exact) mass is 342 g/mol. The second-order valence-electron chi connectivity index (χ2n) is 5.36. The van der Waals surface area contributed by atoms with Gasteiger partial charge in [0.05, 0.1) is 23.3 Å². The van der Waals surface area contributed by atoms with E-state index in [0.29, 0.717) is 44.5 Å². The van der Waals surface area contributed by atoms with Crippen LogP contribution < -0.4 is 4.74 Å². The van der Waals surface area contributed by atoms with Crippen molar-refractivity contribution in [2.24, 2.45) is 0 Å². The average molecular weight is 343 g/mol. The van der Waals surface area contributed by atoms with Gasteiger partial charge in [-0.3, -0.25) is 4.40 Å². The van der Waals surface area contributed by atoms with E-state index in [0.717, 1.165) is 0 Å². The standard InChI is InChI=1S/C17H12ClFN4O/c1-9-16-22-21-14-7-10(19)3-6-15(14)23(16)17(20-9)12-8-11(24-2)4-5-13(12)18/h3-8H,1-2H3. The van der Waals surface area contributed by atoms with Crippen LogP contribution in [0.5, 0.6) is 5.75 Å². The average Bonchev–Trinajstić information content (AvgIpc) is 2.92. The molecule has 4 aromatic rings. The third-order valence-corrected chi connectivity index (χ3v) is 4.20. The van der Waals surface area contributed by atoms with Crippen LogP contribution in [0, 0.1) is 12.7 Å². The SMILES string of the molecule is COc1ccc(Cl)c(-c2nc(C)c3nnc4cc(F)ccc4n23)c1. The Morgan fingerprint density at radius 1 is 1.12 bits per heavy atom. The molecule has 0 amide bonds. The minimum atomic E-state index is -0.367. The van der Waals surface area contributed by atoms with E-state index in [4.69, 9.17) is 16.3 Å². The van der Waals surface area contributed by atoms with E-state index in [-0.39, 0.29) is 5.82 Å². The van der Waals surface area contributed by atoms with E-state index in [9.17, 15) is 4.39 Å². The molecule has 0 radical (unpaired) electrons. The number of imidazole rings is 1. The molecule has 0 unspecified atom stereocenters. The summed E-state index contributed by atoms with van der Waals surface area (Å²) in [5, 5.41) is 8.80. The zero-order valence-electron chi connectivity index (χ0n) is 12.9. The summed E-state index contributed by atoms with van der Waals surface area (Å²) < 4.78 is 20.6. The Labute approximate surface area is 141 Å². The van der Waals surface area contributed by atoms with E-state index in [1.807, 2.05) is 17.4 Å². The summed E-state index contributed by atoms with van der Waals surface area (Å²) in [6, 6.07) is 9.73. The molecule has 0 spiro atoms. The summed E-state index contributed by atoms with van der Waals surface area (Å²) in [5.74, 6) is 0.910. The number of ether oxygens (including phenoxy) is 1. The van der Waals surface area contributed by atoms with E-state index < -0.39 is 0 Å². The van der Waals surface area contributed by atoms with Crippen molar-refractivity contribution in [2.45, 2.75) is 6.92 Å². The molecule has 24 heavy (non-hydrogen) atoms. The molecule has 0 saturated carbocycles. The molecule has 7 heteroatoms. The van der Waals surface area contributed by atoms with Gasteiger partial charge in [-0.2, -0.15) is 0 Å². The highest BCUT2D eigenvalue weighted by Gasteiger charge is 2.17. The lowest BCUT2D eigenvalue weighted by molar-refractivity contribution is 0.415. The van der Waals surface area contributed by atoms with Crippen LogP contribution in [0.2, 0.25) is 5.02 Å². The summed E-state index contributed by atoms with van der Waals surface area (Å²) in [7, 11) is 1.59. The smallest absolute Gasteiger partial charge is 0.183 e. The predicted molar refractivity (Wildman–Crippen MR) is 90.0 cm³/mol. The van der Waals surface area contributed by atoms with Gasteiger partial charge in [0.15, 0.2) is 5.65 Å². The van der Waals surface area contributed by atoms with Crippen LogP contribution in [0.1, 0.15) is 5.69 Å². The lowest BCUT2D eigenvalue weighted by atomic mass is 10.2. The molecule has 0 aliphatic heterocycles. The molecule has 120 valence electrons. The molecule has 0 atom stereocenters. The van der Waals surface area contributed by atoms with Crippen molar-refractivity contribution in [1.82, 2.24) is 19.6 Å². The zero-order valence-corrected chi connectivity index (χ0v) is 13.7. The zero-order chi connectivity index (χ0) is 16.8. The van der Waals surface area contributed by atoms with Crippen molar-refractivity contribution in [3.8, 4) is 17.1 Å². The van der Waals surface area contributed by atoms with Gasteiger partial charge in [0.1, 0.15) is 22.9 Å². The fourth-order valence-corrected chi connectivity index (χ4v) is 2.92. The van der Waals surface area contributed by atoms with Crippen molar-refractivity contribution in [3.63, 3.8) is 0 Å². The first-order chi connectivity index (χ1) is 11.6. The number of aromatic nitrogens is 4. The number of benzene rings is 2. The largest absolute Gasteiger partial charge is 0.497 e. The van der Waals surface area contributed by atoms with Gasteiger partial charge in [0.25, 0.3) is 0 Å². The number of aryl methyl sites for hydroxylation is 1. The van der Waals surface area contributed by atoms with Crippen LogP contribution in [0.3, 0.4) is 0 Å². The van der Waals surface area contributed by atoms with E-state index in [2.05, 4.69) is 15.2 Å². The number of nitrogens with zero attached hydrogens (tertiary/aromatic N) is 4.